The largest absolute Gasteiger partial charge is 0.457 e. The number of hydrogen-bond donors (Lipinski definition) is 0. The normalized spacial score (nSPS) is 17.6. The molecule has 0 bridgehead atoms. The monoisotopic (exact) mass is 578 g/mol. The van der Waals surface area contributed by atoms with Crippen molar-refractivity contribution in [2.75, 3.05) is 0 Å². The zero-order valence-electron chi connectivity index (χ0n) is 28.8. The van der Waals surface area contributed by atoms with Gasteiger partial charge in [0.15, 0.2) is 6.10 Å². The summed E-state index contributed by atoms with van der Waals surface area (Å²) in [5, 5.41) is 0. The highest BCUT2D eigenvalue weighted by Crippen LogP contribution is 2.27. The summed E-state index contributed by atoms with van der Waals surface area (Å²) in [7, 11) is 0. The van der Waals surface area contributed by atoms with Crippen LogP contribution in [0.3, 0.4) is 0 Å². The molecule has 0 radical (unpaired) electrons. The molecule has 0 aromatic carbocycles. The van der Waals surface area contributed by atoms with Crippen LogP contribution in [0.1, 0.15) is 135 Å². The quantitative estimate of drug-likeness (QED) is 0.0787. The second kappa shape index (κ2) is 17.8. The van der Waals surface area contributed by atoms with Crippen LogP contribution in [0.4, 0.5) is 0 Å². The summed E-state index contributed by atoms with van der Waals surface area (Å²) in [5.41, 5.74) is 0.0145. The van der Waals surface area contributed by atoms with Gasteiger partial charge in [0.2, 0.25) is 0 Å². The Balaban J connectivity index is 5.64. The van der Waals surface area contributed by atoms with Crippen LogP contribution in [-0.4, -0.2) is 35.2 Å². The summed E-state index contributed by atoms with van der Waals surface area (Å²) in [4.78, 5) is 38.6. The molecule has 6 nitrogen and oxygen atoms in total. The van der Waals surface area contributed by atoms with Crippen molar-refractivity contribution in [2.45, 2.75) is 153 Å². The Morgan fingerprint density at radius 3 is 1.71 bits per heavy atom. The molecule has 0 rings (SSSR count). The first-order valence-corrected chi connectivity index (χ1v) is 15.7. The molecule has 0 saturated carbocycles. The maximum atomic E-state index is 13.1. The predicted molar refractivity (Wildman–Crippen MR) is 168 cm³/mol. The Hall–Kier alpha value is -2.11. The van der Waals surface area contributed by atoms with Crippen molar-refractivity contribution < 1.29 is 28.6 Å². The minimum absolute atomic E-state index is 0.140. The van der Waals surface area contributed by atoms with E-state index in [2.05, 4.69) is 40.7 Å². The van der Waals surface area contributed by atoms with Gasteiger partial charge in [-0.3, -0.25) is 4.79 Å². The fraction of sp³-hybridized carbons (Fsp3) is 0.800. The number of rotatable bonds is 16. The fourth-order valence-corrected chi connectivity index (χ4v) is 5.09. The molecule has 0 aromatic rings. The lowest BCUT2D eigenvalue weighted by atomic mass is 9.84. The molecule has 0 spiro atoms. The summed E-state index contributed by atoms with van der Waals surface area (Å²) < 4.78 is 16.6. The van der Waals surface area contributed by atoms with Crippen molar-refractivity contribution in [3.63, 3.8) is 0 Å². The molecule has 6 heteroatoms. The lowest BCUT2D eigenvalue weighted by molar-refractivity contribution is -0.177. The van der Waals surface area contributed by atoms with Gasteiger partial charge in [-0.25, -0.2) is 9.59 Å². The summed E-state index contributed by atoms with van der Waals surface area (Å²) >= 11 is 0. The van der Waals surface area contributed by atoms with E-state index in [1.54, 1.807) is 34.6 Å². The van der Waals surface area contributed by atoms with E-state index in [9.17, 15) is 14.4 Å². The molecule has 0 aromatic heterocycles. The minimum Gasteiger partial charge on any atom is -0.457 e. The summed E-state index contributed by atoms with van der Waals surface area (Å²) in [6.07, 6.45) is 8.25. The lowest BCUT2D eigenvalue weighted by Gasteiger charge is -2.25. The summed E-state index contributed by atoms with van der Waals surface area (Å²) in [5.74, 6) is 0.198. The van der Waals surface area contributed by atoms with Crippen LogP contribution in [0.2, 0.25) is 0 Å². The van der Waals surface area contributed by atoms with Gasteiger partial charge in [0.1, 0.15) is 11.2 Å². The zero-order valence-corrected chi connectivity index (χ0v) is 28.8. The highest BCUT2D eigenvalue weighted by atomic mass is 16.6. The maximum Gasteiger partial charge on any atom is 0.347 e. The van der Waals surface area contributed by atoms with Crippen LogP contribution < -0.4 is 0 Å². The Kier molecular flexibility index (Phi) is 16.8. The number of carbonyl (C=O) groups is 3. The van der Waals surface area contributed by atoms with Gasteiger partial charge in [-0.05, 0) is 110 Å². The van der Waals surface area contributed by atoms with Gasteiger partial charge in [-0.1, -0.05) is 66.5 Å². The molecule has 5 unspecified atom stereocenters. The third-order valence-corrected chi connectivity index (χ3v) is 6.92. The summed E-state index contributed by atoms with van der Waals surface area (Å²) in [6, 6.07) is 0. The molecule has 0 amide bonds. The van der Waals surface area contributed by atoms with E-state index < -0.39 is 41.1 Å². The standard InChI is InChI=1S/C35H62O6/c1-15-23(3)17-24(4)18-25(5)19-26(6)20-27(7)21-29(32(37)40-34(9,10)11)22-28(8)31(36)39-30(16-2)33(38)41-35(12,13)14/h20-21,23-26,28,30H,15-19,22H2,1-14H3/b27-20+,29-21-/t23?,24?,25?,26?,28?,30-/m1/s1. The van der Waals surface area contributed by atoms with E-state index in [4.69, 9.17) is 14.2 Å². The molecule has 0 fully saturated rings. The molecule has 41 heavy (non-hydrogen) atoms. The fourth-order valence-electron chi connectivity index (χ4n) is 5.09. The van der Waals surface area contributed by atoms with E-state index in [1.165, 1.54) is 19.3 Å². The number of hydrogen-bond acceptors (Lipinski definition) is 6. The van der Waals surface area contributed by atoms with Crippen molar-refractivity contribution in [2.24, 2.45) is 29.6 Å². The van der Waals surface area contributed by atoms with E-state index in [1.807, 2.05) is 33.8 Å². The number of allylic oxidation sites excluding steroid dienone is 3. The van der Waals surface area contributed by atoms with Crippen LogP contribution in [-0.2, 0) is 28.6 Å². The third-order valence-electron chi connectivity index (χ3n) is 6.92. The van der Waals surface area contributed by atoms with E-state index >= 15 is 0 Å². The summed E-state index contributed by atoms with van der Waals surface area (Å²) in [6.45, 7) is 27.7. The highest BCUT2D eigenvalue weighted by molar-refractivity contribution is 5.90. The molecule has 0 N–H and O–H groups in total. The smallest absolute Gasteiger partial charge is 0.347 e. The molecular formula is C35H62O6. The Morgan fingerprint density at radius 1 is 0.707 bits per heavy atom. The van der Waals surface area contributed by atoms with Crippen LogP contribution in [0.25, 0.3) is 0 Å². The van der Waals surface area contributed by atoms with Crippen molar-refractivity contribution in [3.05, 3.63) is 23.3 Å². The predicted octanol–water partition coefficient (Wildman–Crippen LogP) is 9.02. The van der Waals surface area contributed by atoms with E-state index in [0.29, 0.717) is 29.7 Å². The van der Waals surface area contributed by atoms with Crippen molar-refractivity contribution in [1.82, 2.24) is 0 Å². The van der Waals surface area contributed by atoms with Crippen LogP contribution in [0.15, 0.2) is 23.3 Å². The SMILES string of the molecule is CCC(C)CC(C)CC(C)CC(C)/C=C(C)/C=C(/CC(C)C(=O)O[C@H](CC)C(=O)OC(C)(C)C)C(=O)OC(C)(C)C. The molecule has 0 saturated heterocycles. The van der Waals surface area contributed by atoms with Gasteiger partial charge in [-0.2, -0.15) is 0 Å². The molecule has 0 aliphatic rings. The lowest BCUT2D eigenvalue weighted by Crippen LogP contribution is -2.35. The molecule has 238 valence electrons. The van der Waals surface area contributed by atoms with Crippen LogP contribution in [0, 0.1) is 29.6 Å². The minimum atomic E-state index is -0.990. The second-order valence-electron chi connectivity index (χ2n) is 14.5. The van der Waals surface area contributed by atoms with Crippen molar-refractivity contribution in [3.8, 4) is 0 Å². The van der Waals surface area contributed by atoms with Gasteiger partial charge in [0.25, 0.3) is 0 Å². The van der Waals surface area contributed by atoms with Gasteiger partial charge in [0, 0.05) is 5.57 Å². The first kappa shape index (κ1) is 38.9. The van der Waals surface area contributed by atoms with Crippen LogP contribution in [0.5, 0.6) is 0 Å². The average Bonchev–Trinajstić information content (AvgIpc) is 2.78. The highest BCUT2D eigenvalue weighted by Gasteiger charge is 2.30. The number of ether oxygens (including phenoxy) is 3. The average molecular weight is 579 g/mol. The molecule has 0 aliphatic heterocycles. The Bertz CT molecular complexity index is 885. The second-order valence-corrected chi connectivity index (χ2v) is 14.5. The molecule has 0 heterocycles. The van der Waals surface area contributed by atoms with Crippen molar-refractivity contribution in [1.29, 1.82) is 0 Å². The maximum absolute atomic E-state index is 13.1. The van der Waals surface area contributed by atoms with Gasteiger partial charge >= 0.3 is 17.9 Å². The zero-order chi connectivity index (χ0) is 32.1. The Morgan fingerprint density at radius 2 is 1.22 bits per heavy atom. The van der Waals surface area contributed by atoms with Gasteiger partial charge < -0.3 is 14.2 Å². The first-order valence-electron chi connectivity index (χ1n) is 15.7. The van der Waals surface area contributed by atoms with Crippen LogP contribution >= 0.6 is 0 Å². The van der Waals surface area contributed by atoms with Gasteiger partial charge in [-0.15, -0.1) is 0 Å². The Labute approximate surface area is 252 Å². The van der Waals surface area contributed by atoms with Gasteiger partial charge in [0.05, 0.1) is 5.92 Å². The topological polar surface area (TPSA) is 78.9 Å². The third kappa shape index (κ3) is 18.1. The molecule has 6 atom stereocenters. The van der Waals surface area contributed by atoms with E-state index in [-0.39, 0.29) is 6.42 Å². The molecule has 0 aliphatic carbocycles. The number of esters is 3. The molecular weight excluding hydrogens is 516 g/mol. The number of carbonyl (C=O) groups excluding carboxylic acids is 3. The van der Waals surface area contributed by atoms with E-state index in [0.717, 1.165) is 17.9 Å². The van der Waals surface area contributed by atoms with Crippen molar-refractivity contribution >= 4 is 17.9 Å². The first-order chi connectivity index (χ1) is 18.7.